The van der Waals surface area contributed by atoms with Crippen LogP contribution in [0.3, 0.4) is 0 Å². The summed E-state index contributed by atoms with van der Waals surface area (Å²) in [5.41, 5.74) is 1.01. The molecule has 1 N–H and O–H groups in total. The van der Waals surface area contributed by atoms with Gasteiger partial charge in [0.15, 0.2) is 5.69 Å². The Morgan fingerprint density at radius 1 is 1.10 bits per heavy atom. The molecule has 0 spiro atoms. The summed E-state index contributed by atoms with van der Waals surface area (Å²) in [6.07, 6.45) is 5.82. The molecule has 0 aromatic carbocycles. The van der Waals surface area contributed by atoms with Gasteiger partial charge >= 0.3 is 0 Å². The fraction of sp³-hybridized carbons (Fsp3) is 0.739. The molecule has 2 aliphatic heterocycles. The second-order valence-electron chi connectivity index (χ2n) is 9.81. The molecule has 0 atom stereocenters. The van der Waals surface area contributed by atoms with Gasteiger partial charge in [0.25, 0.3) is 11.8 Å². The quantitative estimate of drug-likeness (QED) is 0.699. The van der Waals surface area contributed by atoms with Crippen LogP contribution in [0.4, 0.5) is 0 Å². The number of likely N-dealkylation sites (tertiary alicyclic amines) is 1. The van der Waals surface area contributed by atoms with E-state index in [4.69, 9.17) is 4.98 Å². The highest BCUT2D eigenvalue weighted by Gasteiger charge is 2.30. The highest BCUT2D eigenvalue weighted by Crippen LogP contribution is 2.23. The fourth-order valence-corrected chi connectivity index (χ4v) is 4.41. The van der Waals surface area contributed by atoms with E-state index in [2.05, 4.69) is 31.7 Å². The largest absolute Gasteiger partial charge is 0.354 e. The van der Waals surface area contributed by atoms with E-state index in [1.165, 1.54) is 32.4 Å². The van der Waals surface area contributed by atoms with Crippen LogP contribution in [-0.4, -0.2) is 77.2 Å². The Kier molecular flexibility index (Phi) is 7.64. The first-order valence-electron chi connectivity index (χ1n) is 11.6. The molecule has 1 aromatic heterocycles. The third kappa shape index (κ3) is 5.80. The first-order valence-corrected chi connectivity index (χ1v) is 11.6. The molecule has 3 rings (SSSR count). The van der Waals surface area contributed by atoms with Crippen LogP contribution in [-0.2, 0) is 24.3 Å². The summed E-state index contributed by atoms with van der Waals surface area (Å²) < 4.78 is 2.20. The molecule has 0 aliphatic carbocycles. The Morgan fingerprint density at radius 2 is 1.81 bits per heavy atom. The molecule has 1 aromatic rings. The van der Waals surface area contributed by atoms with Gasteiger partial charge in [0.1, 0.15) is 11.5 Å². The second-order valence-corrected chi connectivity index (χ2v) is 9.81. The number of piperidine rings is 1. The highest BCUT2D eigenvalue weighted by molar-refractivity contribution is 6.42. The minimum Gasteiger partial charge on any atom is -0.354 e. The molecule has 172 valence electrons. The van der Waals surface area contributed by atoms with Crippen LogP contribution in [0.25, 0.3) is 0 Å². The molecule has 1 saturated heterocycles. The van der Waals surface area contributed by atoms with Crippen molar-refractivity contribution in [2.45, 2.75) is 66.0 Å². The summed E-state index contributed by atoms with van der Waals surface area (Å²) in [6.45, 7) is 11.6. The number of amides is 2. The van der Waals surface area contributed by atoms with Crippen LogP contribution >= 0.6 is 0 Å². The van der Waals surface area contributed by atoms with Gasteiger partial charge in [0.2, 0.25) is 0 Å². The van der Waals surface area contributed by atoms with Gasteiger partial charge < -0.3 is 14.8 Å². The molecule has 2 aliphatic rings. The van der Waals surface area contributed by atoms with Crippen LogP contribution in [0.2, 0.25) is 0 Å². The van der Waals surface area contributed by atoms with Gasteiger partial charge in [-0.05, 0) is 45.9 Å². The Bertz CT molecular complexity index is 830. The summed E-state index contributed by atoms with van der Waals surface area (Å²) in [4.78, 5) is 39.2. The van der Waals surface area contributed by atoms with Gasteiger partial charge in [-0.1, -0.05) is 27.2 Å². The highest BCUT2D eigenvalue weighted by atomic mass is 16.2. The number of carbonyl (C=O) groups excluding carboxylic acids is 2. The molecular weight excluding hydrogens is 392 g/mol. The first-order chi connectivity index (χ1) is 14.7. The van der Waals surface area contributed by atoms with E-state index in [1.807, 2.05) is 20.8 Å². The lowest BCUT2D eigenvalue weighted by molar-refractivity contribution is -0.114. The maximum Gasteiger partial charge on any atom is 0.297 e. The molecule has 0 bridgehead atoms. The first kappa shape index (κ1) is 23.6. The summed E-state index contributed by atoms with van der Waals surface area (Å²) in [5, 5.41) is 2.60. The predicted molar refractivity (Wildman–Crippen MR) is 122 cm³/mol. The van der Waals surface area contributed by atoms with Crippen LogP contribution in [0.5, 0.6) is 0 Å². The topological polar surface area (TPSA) is 82.8 Å². The number of rotatable bonds is 6. The molecule has 0 saturated carbocycles. The summed E-state index contributed by atoms with van der Waals surface area (Å²) >= 11 is 0. The van der Waals surface area contributed by atoms with E-state index in [1.54, 1.807) is 7.05 Å². The third-order valence-electron chi connectivity index (χ3n) is 6.17. The van der Waals surface area contributed by atoms with Gasteiger partial charge in [-0.15, -0.1) is 0 Å². The van der Waals surface area contributed by atoms with E-state index in [-0.39, 0.29) is 11.6 Å². The monoisotopic (exact) mass is 430 g/mol. The van der Waals surface area contributed by atoms with E-state index in [9.17, 15) is 9.59 Å². The van der Waals surface area contributed by atoms with E-state index >= 15 is 0 Å². The van der Waals surface area contributed by atoms with Crippen LogP contribution in [0.15, 0.2) is 4.99 Å². The molecule has 2 amide bonds. The minimum absolute atomic E-state index is 0.234. The molecule has 0 unspecified atom stereocenters. The zero-order valence-electron chi connectivity index (χ0n) is 19.8. The van der Waals surface area contributed by atoms with Crippen LogP contribution < -0.4 is 5.32 Å². The van der Waals surface area contributed by atoms with Crippen molar-refractivity contribution in [2.75, 3.05) is 40.3 Å². The predicted octanol–water partition coefficient (Wildman–Crippen LogP) is 2.12. The maximum absolute atomic E-state index is 13.2. The van der Waals surface area contributed by atoms with Gasteiger partial charge in [0.05, 0.1) is 5.69 Å². The van der Waals surface area contributed by atoms with Crippen molar-refractivity contribution < 1.29 is 9.59 Å². The number of nitrogens with zero attached hydrogens (tertiary/aromatic N) is 5. The number of carbonyl (C=O) groups is 2. The second kappa shape index (κ2) is 10.0. The minimum atomic E-state index is -0.538. The smallest absolute Gasteiger partial charge is 0.297 e. The zero-order chi connectivity index (χ0) is 22.6. The van der Waals surface area contributed by atoms with Crippen molar-refractivity contribution >= 4 is 17.5 Å². The Hall–Kier alpha value is -2.06. The van der Waals surface area contributed by atoms with E-state index in [0.29, 0.717) is 12.2 Å². The molecule has 3 heterocycles. The number of nitrogens with one attached hydrogen (secondary N) is 1. The van der Waals surface area contributed by atoms with E-state index in [0.717, 1.165) is 44.0 Å². The number of aliphatic imine (C=N–C) groups is 1. The Labute approximate surface area is 186 Å². The van der Waals surface area contributed by atoms with Crippen LogP contribution in [0, 0.1) is 5.41 Å². The molecule has 8 heteroatoms. The fourth-order valence-electron chi connectivity index (χ4n) is 4.41. The summed E-state index contributed by atoms with van der Waals surface area (Å²) in [7, 11) is 3.61. The average molecular weight is 431 g/mol. The van der Waals surface area contributed by atoms with Crippen molar-refractivity contribution in [3.05, 3.63) is 17.2 Å². The lowest BCUT2D eigenvalue weighted by Crippen LogP contribution is -2.37. The SMILES string of the molecule is CNC(=O)C(=NC(=O)c1nc(CCCN2CCCCC2)n2c1CN(C)CC2)C(C)(C)C. The number of imidazole rings is 1. The maximum atomic E-state index is 13.2. The average Bonchev–Trinajstić information content (AvgIpc) is 3.09. The van der Waals surface area contributed by atoms with Gasteiger partial charge in [-0.2, -0.15) is 0 Å². The van der Waals surface area contributed by atoms with Crippen molar-refractivity contribution in [1.29, 1.82) is 0 Å². The zero-order valence-corrected chi connectivity index (χ0v) is 19.8. The standard InChI is InChI=1S/C23H38N6O2/c1-23(2,3)20(22(31)24-4)26-21(30)19-17-16-27(5)14-15-29(17)18(25-19)10-9-13-28-11-7-6-8-12-28/h6-16H2,1-5H3,(H,24,31). The molecule has 31 heavy (non-hydrogen) atoms. The van der Waals surface area contributed by atoms with Gasteiger partial charge in [0, 0.05) is 38.5 Å². The Balaban J connectivity index is 1.83. The number of fused-ring (bicyclic) bond motifs is 1. The lowest BCUT2D eigenvalue weighted by Gasteiger charge is -2.27. The normalized spacial score (nSPS) is 18.7. The number of hydrogen-bond donors (Lipinski definition) is 1. The van der Waals surface area contributed by atoms with Gasteiger partial charge in [-0.25, -0.2) is 9.98 Å². The van der Waals surface area contributed by atoms with Crippen molar-refractivity contribution in [1.82, 2.24) is 24.7 Å². The van der Waals surface area contributed by atoms with Crippen molar-refractivity contribution in [3.8, 4) is 0 Å². The van der Waals surface area contributed by atoms with Crippen molar-refractivity contribution in [3.63, 3.8) is 0 Å². The molecular formula is C23H38N6O2. The molecule has 1 fully saturated rings. The number of likely N-dealkylation sites (N-methyl/N-ethyl adjacent to an activating group) is 1. The summed E-state index contributed by atoms with van der Waals surface area (Å²) in [6, 6.07) is 0. The number of hydrogen-bond acceptors (Lipinski definition) is 5. The number of aryl methyl sites for hydroxylation is 1. The number of aromatic nitrogens is 2. The van der Waals surface area contributed by atoms with Crippen molar-refractivity contribution in [2.24, 2.45) is 10.4 Å². The van der Waals surface area contributed by atoms with Gasteiger partial charge in [-0.3, -0.25) is 14.5 Å². The molecule has 8 nitrogen and oxygen atoms in total. The van der Waals surface area contributed by atoms with E-state index < -0.39 is 11.3 Å². The Morgan fingerprint density at radius 3 is 2.45 bits per heavy atom. The van der Waals surface area contributed by atoms with Crippen LogP contribution in [0.1, 0.15) is 68.5 Å². The third-order valence-corrected chi connectivity index (χ3v) is 6.17. The lowest BCUT2D eigenvalue weighted by atomic mass is 9.89. The summed E-state index contributed by atoms with van der Waals surface area (Å²) in [5.74, 6) is 0.221. The molecule has 0 radical (unpaired) electrons.